The summed E-state index contributed by atoms with van der Waals surface area (Å²) in [5, 5.41) is 0. The molecular weight excluding hydrogens is 206 g/mol. The molecule has 0 bridgehead atoms. The third kappa shape index (κ3) is 1.77. The van der Waals surface area contributed by atoms with Crippen LogP contribution in [0, 0.1) is 0 Å². The van der Waals surface area contributed by atoms with Crippen LogP contribution in [0.2, 0.25) is 0 Å². The monoisotopic (exact) mass is 223 g/mol. The first-order valence-corrected chi connectivity index (χ1v) is 6.19. The molecule has 0 heterocycles. The Morgan fingerprint density at radius 2 is 1.35 bits per heavy atom. The number of hydrogen-bond donors (Lipinski definition) is 1. The summed E-state index contributed by atoms with van der Waals surface area (Å²) in [6, 6.07) is 21.2. The van der Waals surface area contributed by atoms with Gasteiger partial charge in [-0.1, -0.05) is 60.7 Å². The summed E-state index contributed by atoms with van der Waals surface area (Å²) in [6.45, 7) is 0. The van der Waals surface area contributed by atoms with Gasteiger partial charge < -0.3 is 5.73 Å². The van der Waals surface area contributed by atoms with Crippen LogP contribution in [0.4, 0.5) is 0 Å². The van der Waals surface area contributed by atoms with Gasteiger partial charge in [-0.15, -0.1) is 0 Å². The summed E-state index contributed by atoms with van der Waals surface area (Å²) in [5.41, 5.74) is 9.28. The molecule has 0 aliphatic heterocycles. The van der Waals surface area contributed by atoms with Gasteiger partial charge in [0.15, 0.2) is 0 Å². The maximum absolute atomic E-state index is 6.47. The number of nitrogens with two attached hydrogens (primary N) is 1. The van der Waals surface area contributed by atoms with Gasteiger partial charge in [-0.05, 0) is 24.0 Å². The van der Waals surface area contributed by atoms with E-state index in [1.165, 1.54) is 24.0 Å². The van der Waals surface area contributed by atoms with E-state index in [9.17, 15) is 0 Å². The molecule has 0 aromatic heterocycles. The molecule has 1 aliphatic rings. The van der Waals surface area contributed by atoms with Gasteiger partial charge in [-0.3, -0.25) is 0 Å². The highest BCUT2D eigenvalue weighted by Gasteiger charge is 2.49. The van der Waals surface area contributed by atoms with Crippen LogP contribution < -0.4 is 5.73 Å². The summed E-state index contributed by atoms with van der Waals surface area (Å²) in [5.74, 6) is 0. The van der Waals surface area contributed by atoms with Gasteiger partial charge in [-0.25, -0.2) is 0 Å². The zero-order valence-corrected chi connectivity index (χ0v) is 9.84. The van der Waals surface area contributed by atoms with Crippen LogP contribution in [0.3, 0.4) is 0 Å². The van der Waals surface area contributed by atoms with Crippen molar-refractivity contribution < 1.29 is 0 Å². The van der Waals surface area contributed by atoms with Crippen LogP contribution in [0.5, 0.6) is 0 Å². The highest BCUT2D eigenvalue weighted by atomic mass is 14.7. The molecule has 1 fully saturated rings. The van der Waals surface area contributed by atoms with Crippen LogP contribution in [0.1, 0.15) is 30.0 Å². The lowest BCUT2D eigenvalue weighted by Gasteiger charge is -2.24. The normalized spacial score (nSPS) is 18.6. The highest BCUT2D eigenvalue weighted by Crippen LogP contribution is 2.55. The SMILES string of the molecule is NC(c1ccccc1)C1(c2ccccc2)CC1. The fourth-order valence-electron chi connectivity index (χ4n) is 2.66. The molecule has 86 valence electrons. The second-order valence-electron chi connectivity index (χ2n) is 4.91. The first-order valence-electron chi connectivity index (χ1n) is 6.19. The molecule has 1 unspecified atom stereocenters. The first-order chi connectivity index (χ1) is 8.33. The second kappa shape index (κ2) is 4.01. The van der Waals surface area contributed by atoms with Crippen molar-refractivity contribution in [3.8, 4) is 0 Å². The summed E-state index contributed by atoms with van der Waals surface area (Å²) >= 11 is 0. The van der Waals surface area contributed by atoms with E-state index in [1.807, 2.05) is 6.07 Å². The van der Waals surface area contributed by atoms with Gasteiger partial charge in [0.1, 0.15) is 0 Å². The van der Waals surface area contributed by atoms with E-state index >= 15 is 0 Å². The van der Waals surface area contributed by atoms with E-state index in [0.29, 0.717) is 0 Å². The van der Waals surface area contributed by atoms with Crippen molar-refractivity contribution >= 4 is 0 Å². The van der Waals surface area contributed by atoms with Gasteiger partial charge in [0.25, 0.3) is 0 Å². The van der Waals surface area contributed by atoms with E-state index in [4.69, 9.17) is 5.73 Å². The van der Waals surface area contributed by atoms with Gasteiger partial charge in [0.2, 0.25) is 0 Å². The largest absolute Gasteiger partial charge is 0.323 e. The predicted octanol–water partition coefficient (Wildman–Crippen LogP) is 3.42. The fraction of sp³-hybridized carbons (Fsp3) is 0.250. The topological polar surface area (TPSA) is 26.0 Å². The van der Waals surface area contributed by atoms with Gasteiger partial charge in [-0.2, -0.15) is 0 Å². The minimum Gasteiger partial charge on any atom is -0.323 e. The predicted molar refractivity (Wildman–Crippen MR) is 70.7 cm³/mol. The van der Waals surface area contributed by atoms with Gasteiger partial charge in [0.05, 0.1) is 0 Å². The molecule has 1 atom stereocenters. The maximum Gasteiger partial charge on any atom is 0.0393 e. The summed E-state index contributed by atoms with van der Waals surface area (Å²) in [4.78, 5) is 0. The van der Waals surface area contributed by atoms with E-state index < -0.39 is 0 Å². The van der Waals surface area contributed by atoms with Crippen LogP contribution in [0.25, 0.3) is 0 Å². The van der Waals surface area contributed by atoms with E-state index in [2.05, 4.69) is 54.6 Å². The highest BCUT2D eigenvalue weighted by molar-refractivity contribution is 5.37. The zero-order valence-electron chi connectivity index (χ0n) is 9.84. The van der Waals surface area contributed by atoms with Crippen LogP contribution in [-0.2, 0) is 5.41 Å². The second-order valence-corrected chi connectivity index (χ2v) is 4.91. The lowest BCUT2D eigenvalue weighted by Crippen LogP contribution is -2.26. The zero-order chi connectivity index (χ0) is 11.7. The third-order valence-electron chi connectivity index (χ3n) is 3.89. The third-order valence-corrected chi connectivity index (χ3v) is 3.89. The molecule has 1 heteroatoms. The van der Waals surface area contributed by atoms with Crippen LogP contribution in [-0.4, -0.2) is 0 Å². The van der Waals surface area contributed by atoms with Crippen molar-refractivity contribution in [1.29, 1.82) is 0 Å². The smallest absolute Gasteiger partial charge is 0.0393 e. The van der Waals surface area contributed by atoms with E-state index in [-0.39, 0.29) is 11.5 Å². The van der Waals surface area contributed by atoms with E-state index in [1.54, 1.807) is 0 Å². The molecule has 0 radical (unpaired) electrons. The summed E-state index contributed by atoms with van der Waals surface area (Å²) in [7, 11) is 0. The first kappa shape index (κ1) is 10.5. The lowest BCUT2D eigenvalue weighted by molar-refractivity contribution is 0.541. The van der Waals surface area contributed by atoms with Gasteiger partial charge >= 0.3 is 0 Å². The molecule has 0 saturated heterocycles. The Hall–Kier alpha value is -1.60. The summed E-state index contributed by atoms with van der Waals surface area (Å²) < 4.78 is 0. The number of benzene rings is 2. The Labute approximate surface area is 102 Å². The number of rotatable bonds is 3. The average molecular weight is 223 g/mol. The van der Waals surface area contributed by atoms with Crippen molar-refractivity contribution in [3.05, 3.63) is 71.8 Å². The Morgan fingerprint density at radius 1 is 0.824 bits per heavy atom. The Balaban J connectivity index is 1.95. The molecule has 1 saturated carbocycles. The minimum atomic E-state index is 0.117. The van der Waals surface area contributed by atoms with Crippen molar-refractivity contribution in [3.63, 3.8) is 0 Å². The molecule has 2 aromatic carbocycles. The molecule has 1 aliphatic carbocycles. The maximum atomic E-state index is 6.47. The molecule has 17 heavy (non-hydrogen) atoms. The van der Waals surface area contributed by atoms with Crippen LogP contribution in [0.15, 0.2) is 60.7 Å². The van der Waals surface area contributed by atoms with E-state index in [0.717, 1.165) is 0 Å². The Kier molecular flexibility index (Phi) is 2.49. The van der Waals surface area contributed by atoms with Crippen molar-refractivity contribution in [2.75, 3.05) is 0 Å². The quantitative estimate of drug-likeness (QED) is 0.847. The minimum absolute atomic E-state index is 0.117. The van der Waals surface area contributed by atoms with Crippen LogP contribution >= 0.6 is 0 Å². The molecular formula is C16H17N. The average Bonchev–Trinajstić information content (AvgIpc) is 3.21. The standard InChI is InChI=1S/C16H17N/c17-15(13-7-3-1-4-8-13)16(11-12-16)14-9-5-2-6-10-14/h1-10,15H,11-12,17H2. The molecule has 0 spiro atoms. The Morgan fingerprint density at radius 3 is 1.88 bits per heavy atom. The number of hydrogen-bond acceptors (Lipinski definition) is 1. The lowest BCUT2D eigenvalue weighted by atomic mass is 9.84. The molecule has 3 rings (SSSR count). The Bertz CT molecular complexity index is 485. The van der Waals surface area contributed by atoms with Crippen molar-refractivity contribution in [1.82, 2.24) is 0 Å². The molecule has 0 amide bonds. The van der Waals surface area contributed by atoms with Crippen molar-refractivity contribution in [2.24, 2.45) is 5.73 Å². The fourth-order valence-corrected chi connectivity index (χ4v) is 2.66. The summed E-state index contributed by atoms with van der Waals surface area (Å²) in [6.07, 6.45) is 2.40. The molecule has 2 aromatic rings. The molecule has 2 N–H and O–H groups in total. The van der Waals surface area contributed by atoms with Gasteiger partial charge in [0, 0.05) is 11.5 Å². The molecule has 1 nitrogen and oxygen atoms in total. The van der Waals surface area contributed by atoms with Crippen molar-refractivity contribution in [2.45, 2.75) is 24.3 Å².